The van der Waals surface area contributed by atoms with E-state index in [2.05, 4.69) is 0 Å². The number of amides is 1. The molecule has 1 rings (SSSR count). The van der Waals surface area contributed by atoms with E-state index in [0.717, 1.165) is 0 Å². The lowest BCUT2D eigenvalue weighted by molar-refractivity contribution is -0.242. The Hall–Kier alpha value is -1.56. The largest absolute Gasteiger partial charge is 0.426 e. The van der Waals surface area contributed by atoms with E-state index in [1.165, 1.54) is 6.07 Å². The summed E-state index contributed by atoms with van der Waals surface area (Å²) in [5.41, 5.74) is -2.56. The summed E-state index contributed by atoms with van der Waals surface area (Å²) >= 11 is 0. The summed E-state index contributed by atoms with van der Waals surface area (Å²) in [6.45, 7) is 2.05. The molecule has 1 aromatic rings. The minimum absolute atomic E-state index is 0.238. The van der Waals surface area contributed by atoms with Crippen LogP contribution in [0.15, 0.2) is 24.3 Å². The van der Waals surface area contributed by atoms with Crippen LogP contribution in [0.2, 0.25) is 0 Å². The molecule has 1 amide bonds. The summed E-state index contributed by atoms with van der Waals surface area (Å²) in [6.07, 6.45) is -5.01. The molecule has 0 aromatic heterocycles. The minimum Gasteiger partial charge on any atom is -0.373 e. The topological polar surface area (TPSA) is 49.3 Å². The molecule has 0 radical (unpaired) electrons. The fourth-order valence-corrected chi connectivity index (χ4v) is 1.09. The number of benzene rings is 1. The number of carbonyl (C=O) groups is 1. The van der Waals surface area contributed by atoms with Gasteiger partial charge in [0.05, 0.1) is 0 Å². The zero-order chi connectivity index (χ0) is 13.3. The quantitative estimate of drug-likeness (QED) is 0.842. The van der Waals surface area contributed by atoms with Crippen molar-refractivity contribution in [2.45, 2.75) is 25.6 Å². The molecule has 0 heterocycles. The average Bonchev–Trinajstić information content (AvgIpc) is 2.19. The first-order valence-electron chi connectivity index (χ1n) is 4.82. The van der Waals surface area contributed by atoms with Crippen molar-refractivity contribution in [1.82, 2.24) is 0 Å². The molecular weight excluding hydrogens is 235 g/mol. The van der Waals surface area contributed by atoms with Gasteiger partial charge < -0.3 is 10.4 Å². The predicted octanol–water partition coefficient (Wildman–Crippen LogP) is 2.25. The monoisotopic (exact) mass is 247 g/mol. The lowest BCUT2D eigenvalue weighted by Crippen LogP contribution is -2.52. The second kappa shape index (κ2) is 4.37. The van der Waals surface area contributed by atoms with Crippen molar-refractivity contribution in [1.29, 1.82) is 0 Å². The van der Waals surface area contributed by atoms with Crippen molar-refractivity contribution in [2.75, 3.05) is 5.32 Å². The van der Waals surface area contributed by atoms with Crippen LogP contribution in [0.3, 0.4) is 0 Å². The number of anilines is 1. The van der Waals surface area contributed by atoms with Crippen LogP contribution in [0.5, 0.6) is 0 Å². The fourth-order valence-electron chi connectivity index (χ4n) is 1.09. The van der Waals surface area contributed by atoms with Crippen molar-refractivity contribution in [3.8, 4) is 0 Å². The first-order valence-corrected chi connectivity index (χ1v) is 4.82. The lowest BCUT2D eigenvalue weighted by atomic mass is 10.1. The third kappa shape index (κ3) is 2.76. The molecule has 0 unspecified atom stereocenters. The van der Waals surface area contributed by atoms with Gasteiger partial charge in [0, 0.05) is 5.69 Å². The molecule has 0 bridgehead atoms. The van der Waals surface area contributed by atoms with Gasteiger partial charge in [-0.25, -0.2) is 0 Å². The van der Waals surface area contributed by atoms with Crippen molar-refractivity contribution in [3.05, 3.63) is 29.8 Å². The van der Waals surface area contributed by atoms with Crippen LogP contribution in [-0.2, 0) is 4.79 Å². The van der Waals surface area contributed by atoms with Gasteiger partial charge in [-0.1, -0.05) is 18.2 Å². The SMILES string of the molecule is Cc1ccccc1NC(=O)[C@@](C)(O)C(F)(F)F. The molecule has 1 aromatic carbocycles. The van der Waals surface area contributed by atoms with Crippen LogP contribution >= 0.6 is 0 Å². The van der Waals surface area contributed by atoms with Crippen LogP contribution < -0.4 is 5.32 Å². The van der Waals surface area contributed by atoms with E-state index in [0.29, 0.717) is 12.5 Å². The molecule has 6 heteroatoms. The fraction of sp³-hybridized carbons (Fsp3) is 0.364. The second-order valence-corrected chi connectivity index (χ2v) is 3.84. The van der Waals surface area contributed by atoms with Gasteiger partial charge in [-0.05, 0) is 25.5 Å². The maximum absolute atomic E-state index is 12.4. The predicted molar refractivity (Wildman–Crippen MR) is 56.5 cm³/mol. The highest BCUT2D eigenvalue weighted by Crippen LogP contribution is 2.31. The van der Waals surface area contributed by atoms with Crippen LogP contribution in [-0.4, -0.2) is 22.8 Å². The van der Waals surface area contributed by atoms with Gasteiger partial charge in [0.1, 0.15) is 0 Å². The van der Waals surface area contributed by atoms with Gasteiger partial charge in [0.15, 0.2) is 0 Å². The number of nitrogens with one attached hydrogen (secondary N) is 1. The number of halogens is 3. The molecule has 94 valence electrons. The Morgan fingerprint density at radius 2 is 1.82 bits per heavy atom. The van der Waals surface area contributed by atoms with Gasteiger partial charge in [0.2, 0.25) is 5.60 Å². The molecular formula is C11H12F3NO2. The number of carbonyl (C=O) groups excluding carboxylic acids is 1. The van der Waals surface area contributed by atoms with E-state index in [-0.39, 0.29) is 5.69 Å². The molecule has 0 saturated heterocycles. The molecule has 0 fully saturated rings. The number of aliphatic hydroxyl groups is 1. The molecule has 0 saturated carbocycles. The third-order valence-electron chi connectivity index (χ3n) is 2.39. The summed E-state index contributed by atoms with van der Waals surface area (Å²) in [7, 11) is 0. The minimum atomic E-state index is -5.01. The van der Waals surface area contributed by atoms with E-state index >= 15 is 0 Å². The molecule has 1 atom stereocenters. The first kappa shape index (κ1) is 13.5. The van der Waals surface area contributed by atoms with Crippen LogP contribution in [0.4, 0.5) is 18.9 Å². The Bertz CT molecular complexity index is 427. The molecule has 0 aliphatic carbocycles. The van der Waals surface area contributed by atoms with Crippen molar-refractivity contribution >= 4 is 11.6 Å². The third-order valence-corrected chi connectivity index (χ3v) is 2.39. The van der Waals surface area contributed by atoms with Gasteiger partial charge in [0.25, 0.3) is 5.91 Å². The Labute approximate surface area is 96.3 Å². The van der Waals surface area contributed by atoms with Crippen LogP contribution in [0, 0.1) is 6.92 Å². The average molecular weight is 247 g/mol. The number of aryl methyl sites for hydroxylation is 1. The lowest BCUT2D eigenvalue weighted by Gasteiger charge is -2.25. The molecule has 3 nitrogen and oxygen atoms in total. The van der Waals surface area contributed by atoms with E-state index < -0.39 is 17.7 Å². The highest BCUT2D eigenvalue weighted by molar-refractivity contribution is 5.98. The Kier molecular flexibility index (Phi) is 3.47. The summed E-state index contributed by atoms with van der Waals surface area (Å²) in [5.74, 6) is -1.50. The number of hydrogen-bond donors (Lipinski definition) is 2. The Morgan fingerprint density at radius 3 is 2.29 bits per heavy atom. The second-order valence-electron chi connectivity index (χ2n) is 3.84. The molecule has 17 heavy (non-hydrogen) atoms. The van der Waals surface area contributed by atoms with Gasteiger partial charge >= 0.3 is 6.18 Å². The smallest absolute Gasteiger partial charge is 0.373 e. The zero-order valence-electron chi connectivity index (χ0n) is 9.30. The summed E-state index contributed by atoms with van der Waals surface area (Å²) in [6, 6.07) is 6.36. The molecule has 0 aliphatic heterocycles. The van der Waals surface area contributed by atoms with E-state index in [1.54, 1.807) is 25.1 Å². The van der Waals surface area contributed by atoms with Crippen LogP contribution in [0.1, 0.15) is 12.5 Å². The summed E-state index contributed by atoms with van der Waals surface area (Å²) in [4.78, 5) is 11.4. The number of hydrogen-bond acceptors (Lipinski definition) is 2. The van der Waals surface area contributed by atoms with Crippen molar-refractivity contribution in [3.63, 3.8) is 0 Å². The summed E-state index contributed by atoms with van der Waals surface area (Å²) in [5, 5.41) is 11.2. The highest BCUT2D eigenvalue weighted by atomic mass is 19.4. The van der Waals surface area contributed by atoms with Gasteiger partial charge in [-0.15, -0.1) is 0 Å². The molecule has 2 N–H and O–H groups in total. The van der Waals surface area contributed by atoms with Crippen molar-refractivity contribution in [2.24, 2.45) is 0 Å². The first-order chi connectivity index (χ1) is 7.66. The standard InChI is InChI=1S/C11H12F3NO2/c1-7-5-3-4-6-8(7)15-9(16)10(2,17)11(12,13)14/h3-6,17H,1-2H3,(H,15,16)/t10-/m1/s1. The maximum atomic E-state index is 12.4. The van der Waals surface area contributed by atoms with Crippen molar-refractivity contribution < 1.29 is 23.1 Å². The van der Waals surface area contributed by atoms with E-state index in [1.807, 2.05) is 5.32 Å². The number of para-hydroxylation sites is 1. The van der Waals surface area contributed by atoms with E-state index in [4.69, 9.17) is 5.11 Å². The Balaban J connectivity index is 2.91. The number of rotatable bonds is 2. The summed E-state index contributed by atoms with van der Waals surface area (Å²) < 4.78 is 37.1. The number of alkyl halides is 3. The molecule has 0 spiro atoms. The zero-order valence-corrected chi connectivity index (χ0v) is 9.30. The Morgan fingerprint density at radius 1 is 1.29 bits per heavy atom. The van der Waals surface area contributed by atoms with Crippen LogP contribution in [0.25, 0.3) is 0 Å². The van der Waals surface area contributed by atoms with E-state index in [9.17, 15) is 18.0 Å². The maximum Gasteiger partial charge on any atom is 0.426 e. The van der Waals surface area contributed by atoms with Gasteiger partial charge in [-0.3, -0.25) is 4.79 Å². The van der Waals surface area contributed by atoms with Gasteiger partial charge in [-0.2, -0.15) is 13.2 Å². The normalized spacial score (nSPS) is 15.2. The highest BCUT2D eigenvalue weighted by Gasteiger charge is 2.55. The molecule has 0 aliphatic rings.